The molecule has 2 aromatic rings. The van der Waals surface area contributed by atoms with Crippen LogP contribution in [-0.4, -0.2) is 14.9 Å². The molecule has 19 heavy (non-hydrogen) atoms. The highest BCUT2D eigenvalue weighted by atomic mass is 79.9. The molecule has 8 heteroatoms. The molecule has 6 nitrogen and oxygen atoms in total. The van der Waals surface area contributed by atoms with Gasteiger partial charge < -0.3 is 4.74 Å². The van der Waals surface area contributed by atoms with Gasteiger partial charge in [-0.2, -0.15) is 4.98 Å². The molecule has 1 heterocycles. The smallest absolute Gasteiger partial charge is 0.287 e. The summed E-state index contributed by atoms with van der Waals surface area (Å²) in [6, 6.07) is 6.13. The van der Waals surface area contributed by atoms with Gasteiger partial charge in [0.25, 0.3) is 5.69 Å². The van der Waals surface area contributed by atoms with Crippen LogP contribution in [0.25, 0.3) is 0 Å². The zero-order valence-electron chi connectivity index (χ0n) is 9.63. The second kappa shape index (κ2) is 5.62. The van der Waals surface area contributed by atoms with E-state index in [-0.39, 0.29) is 10.2 Å². The van der Waals surface area contributed by atoms with Gasteiger partial charge in [-0.3, -0.25) is 10.1 Å². The van der Waals surface area contributed by atoms with Crippen molar-refractivity contribution in [3.63, 3.8) is 0 Å². The van der Waals surface area contributed by atoms with Gasteiger partial charge in [-0.25, -0.2) is 4.98 Å². The summed E-state index contributed by atoms with van der Waals surface area (Å²) in [5, 5.41) is 10.8. The van der Waals surface area contributed by atoms with E-state index in [4.69, 9.17) is 4.74 Å². The normalized spacial score (nSPS) is 10.3. The van der Waals surface area contributed by atoms with Crippen molar-refractivity contribution in [2.45, 2.75) is 6.92 Å². The Labute approximate surface area is 125 Å². The van der Waals surface area contributed by atoms with Gasteiger partial charge in [0.15, 0.2) is 5.75 Å². The van der Waals surface area contributed by atoms with Crippen molar-refractivity contribution in [3.8, 4) is 11.6 Å². The molecule has 1 aromatic carbocycles. The quantitative estimate of drug-likeness (QED) is 0.451. The zero-order valence-corrected chi connectivity index (χ0v) is 12.8. The van der Waals surface area contributed by atoms with Crippen molar-refractivity contribution in [1.29, 1.82) is 0 Å². The van der Waals surface area contributed by atoms with Gasteiger partial charge in [-0.05, 0) is 44.8 Å². The highest BCUT2D eigenvalue weighted by Gasteiger charge is 2.16. The van der Waals surface area contributed by atoms with Crippen LogP contribution >= 0.6 is 31.9 Å². The van der Waals surface area contributed by atoms with E-state index in [2.05, 4.69) is 41.8 Å². The van der Waals surface area contributed by atoms with E-state index in [9.17, 15) is 10.1 Å². The molecule has 0 aliphatic carbocycles. The van der Waals surface area contributed by atoms with Crippen LogP contribution < -0.4 is 4.74 Å². The van der Waals surface area contributed by atoms with E-state index in [1.807, 2.05) is 0 Å². The molecule has 0 saturated carbocycles. The molecule has 0 bridgehead atoms. The minimum atomic E-state index is -0.488. The van der Waals surface area contributed by atoms with E-state index < -0.39 is 4.92 Å². The van der Waals surface area contributed by atoms with Crippen molar-refractivity contribution in [2.24, 2.45) is 0 Å². The topological polar surface area (TPSA) is 78.2 Å². The second-order valence-electron chi connectivity index (χ2n) is 3.52. The minimum Gasteiger partial charge on any atom is -0.437 e. The fourth-order valence-electron chi connectivity index (χ4n) is 1.39. The van der Waals surface area contributed by atoms with Crippen LogP contribution in [0, 0.1) is 17.0 Å². The first-order chi connectivity index (χ1) is 8.97. The summed E-state index contributed by atoms with van der Waals surface area (Å²) in [7, 11) is 0. The number of nitro groups is 1. The Morgan fingerprint density at radius 3 is 2.68 bits per heavy atom. The Balaban J connectivity index is 2.38. The summed E-state index contributed by atoms with van der Waals surface area (Å²) in [4.78, 5) is 18.5. The van der Waals surface area contributed by atoms with Crippen LogP contribution in [0.1, 0.15) is 5.82 Å². The number of aromatic nitrogens is 2. The summed E-state index contributed by atoms with van der Waals surface area (Å²) in [6.07, 6.45) is 0. The van der Waals surface area contributed by atoms with E-state index in [1.54, 1.807) is 25.1 Å². The third-order valence-corrected chi connectivity index (χ3v) is 3.34. The van der Waals surface area contributed by atoms with E-state index in [1.165, 1.54) is 6.07 Å². The van der Waals surface area contributed by atoms with Crippen LogP contribution in [0.3, 0.4) is 0 Å². The van der Waals surface area contributed by atoms with Gasteiger partial charge >= 0.3 is 0 Å². The molecule has 0 unspecified atom stereocenters. The summed E-state index contributed by atoms with van der Waals surface area (Å²) >= 11 is 6.39. The molecule has 98 valence electrons. The van der Waals surface area contributed by atoms with Crippen molar-refractivity contribution in [3.05, 3.63) is 49.3 Å². The van der Waals surface area contributed by atoms with Crippen LogP contribution in [0.15, 0.2) is 33.3 Å². The lowest BCUT2D eigenvalue weighted by atomic mass is 10.3. The number of rotatable bonds is 3. The summed E-state index contributed by atoms with van der Waals surface area (Å²) < 4.78 is 6.38. The Hall–Kier alpha value is -1.54. The van der Waals surface area contributed by atoms with E-state index >= 15 is 0 Å². The maximum atomic E-state index is 10.8. The third kappa shape index (κ3) is 3.27. The average molecular weight is 389 g/mol. The lowest BCUT2D eigenvalue weighted by Gasteiger charge is -2.07. The summed E-state index contributed by atoms with van der Waals surface area (Å²) in [6.45, 7) is 1.72. The molecular weight excluding hydrogens is 382 g/mol. The highest BCUT2D eigenvalue weighted by Crippen LogP contribution is 2.36. The predicted molar refractivity (Wildman–Crippen MR) is 75.3 cm³/mol. The standard InChI is InChI=1S/C11H7Br2N3O3/c1-6-14-9(12)5-10(15-6)19-8-4-2-3-7(11(8)13)16(17)18/h2-5H,1H3. The Bertz CT molecular complexity index is 629. The maximum absolute atomic E-state index is 10.8. The molecule has 0 aliphatic heterocycles. The number of ether oxygens (including phenoxy) is 1. The Kier molecular flexibility index (Phi) is 4.11. The number of nitrogens with zero attached hydrogens (tertiary/aromatic N) is 3. The first-order valence-electron chi connectivity index (χ1n) is 5.09. The number of aryl methyl sites for hydroxylation is 1. The Morgan fingerprint density at radius 1 is 1.32 bits per heavy atom. The van der Waals surface area contributed by atoms with Gasteiger partial charge in [0.05, 0.1) is 4.92 Å². The number of benzene rings is 1. The lowest BCUT2D eigenvalue weighted by molar-refractivity contribution is -0.385. The van der Waals surface area contributed by atoms with Crippen LogP contribution in [0.2, 0.25) is 0 Å². The van der Waals surface area contributed by atoms with Gasteiger partial charge in [0, 0.05) is 12.1 Å². The average Bonchev–Trinajstić information content (AvgIpc) is 2.30. The molecule has 0 atom stereocenters. The minimum absolute atomic E-state index is 0.0673. The molecule has 0 aliphatic rings. The van der Waals surface area contributed by atoms with Crippen molar-refractivity contribution >= 4 is 37.5 Å². The first-order valence-corrected chi connectivity index (χ1v) is 6.68. The fraction of sp³-hybridized carbons (Fsp3) is 0.0909. The molecule has 0 saturated heterocycles. The van der Waals surface area contributed by atoms with Crippen molar-refractivity contribution in [2.75, 3.05) is 0 Å². The summed E-state index contributed by atoms with van der Waals surface area (Å²) in [5.41, 5.74) is -0.0673. The van der Waals surface area contributed by atoms with E-state index in [0.29, 0.717) is 22.1 Å². The van der Waals surface area contributed by atoms with Crippen molar-refractivity contribution < 1.29 is 9.66 Å². The molecule has 1 aromatic heterocycles. The highest BCUT2D eigenvalue weighted by molar-refractivity contribution is 9.10. The molecule has 0 N–H and O–H groups in total. The van der Waals surface area contributed by atoms with Crippen LogP contribution in [-0.2, 0) is 0 Å². The van der Waals surface area contributed by atoms with Gasteiger partial charge in [-0.1, -0.05) is 6.07 Å². The van der Waals surface area contributed by atoms with Crippen molar-refractivity contribution in [1.82, 2.24) is 9.97 Å². The van der Waals surface area contributed by atoms with E-state index in [0.717, 1.165) is 0 Å². The predicted octanol–water partition coefficient (Wildman–Crippen LogP) is 4.01. The number of nitro benzene ring substituents is 1. The first kappa shape index (κ1) is 13.9. The molecule has 0 amide bonds. The lowest BCUT2D eigenvalue weighted by Crippen LogP contribution is -1.95. The monoisotopic (exact) mass is 387 g/mol. The second-order valence-corrected chi connectivity index (χ2v) is 5.13. The van der Waals surface area contributed by atoms with Gasteiger partial charge in [-0.15, -0.1) is 0 Å². The number of halogens is 2. The molecule has 2 rings (SSSR count). The zero-order chi connectivity index (χ0) is 14.0. The largest absolute Gasteiger partial charge is 0.437 e. The molecule has 0 radical (unpaired) electrons. The van der Waals surface area contributed by atoms with Crippen LogP contribution in [0.5, 0.6) is 11.6 Å². The SMILES string of the molecule is Cc1nc(Br)cc(Oc2cccc([N+](=O)[O-])c2Br)n1. The number of hydrogen-bond donors (Lipinski definition) is 0. The fourth-order valence-corrected chi connectivity index (χ4v) is 2.33. The molecule has 0 fully saturated rings. The maximum Gasteiger partial charge on any atom is 0.287 e. The molecule has 0 spiro atoms. The summed E-state index contributed by atoms with van der Waals surface area (Å²) in [5.74, 6) is 1.16. The van der Waals surface area contributed by atoms with Gasteiger partial charge in [0.1, 0.15) is 14.9 Å². The number of hydrogen-bond acceptors (Lipinski definition) is 5. The Morgan fingerprint density at radius 2 is 2.05 bits per heavy atom. The van der Waals surface area contributed by atoms with Crippen LogP contribution in [0.4, 0.5) is 5.69 Å². The molecular formula is C11H7Br2N3O3. The van der Waals surface area contributed by atoms with Gasteiger partial charge in [0.2, 0.25) is 5.88 Å². The third-order valence-electron chi connectivity index (χ3n) is 2.14.